The van der Waals surface area contributed by atoms with E-state index in [0.29, 0.717) is 10.9 Å². The van der Waals surface area contributed by atoms with Crippen molar-refractivity contribution in [3.63, 3.8) is 0 Å². The third-order valence-corrected chi connectivity index (χ3v) is 3.96. The predicted molar refractivity (Wildman–Crippen MR) is 91.1 cm³/mol. The standard InChI is InChI=1S/C18H12ClFN2O4/c1-25-18(24)16(10-2-3-13(19)14(20)8-10)26-17(23)11-4-7-22-15-5-6-21-9-12(11)15/h2-9,16H,1H3. The van der Waals surface area contributed by atoms with Crippen molar-refractivity contribution in [1.82, 2.24) is 9.97 Å². The van der Waals surface area contributed by atoms with Crippen LogP contribution in [0.2, 0.25) is 5.02 Å². The number of pyridine rings is 2. The molecular formula is C18H12ClFN2O4. The highest BCUT2D eigenvalue weighted by Gasteiger charge is 2.28. The van der Waals surface area contributed by atoms with Crippen LogP contribution in [0.15, 0.2) is 48.9 Å². The molecule has 26 heavy (non-hydrogen) atoms. The number of carbonyl (C=O) groups excluding carboxylic acids is 2. The summed E-state index contributed by atoms with van der Waals surface area (Å²) in [6.07, 6.45) is 3.00. The monoisotopic (exact) mass is 374 g/mol. The summed E-state index contributed by atoms with van der Waals surface area (Å²) in [7, 11) is 1.14. The van der Waals surface area contributed by atoms with Crippen LogP contribution in [0.25, 0.3) is 10.9 Å². The number of benzene rings is 1. The fourth-order valence-corrected chi connectivity index (χ4v) is 2.49. The van der Waals surface area contributed by atoms with Crippen LogP contribution in [0, 0.1) is 5.82 Å². The molecule has 0 aliphatic heterocycles. The molecule has 1 atom stereocenters. The minimum Gasteiger partial charge on any atom is -0.466 e. The highest BCUT2D eigenvalue weighted by Crippen LogP contribution is 2.26. The maximum Gasteiger partial charge on any atom is 0.351 e. The van der Waals surface area contributed by atoms with Crippen LogP contribution in [-0.2, 0) is 14.3 Å². The molecule has 0 saturated heterocycles. The lowest BCUT2D eigenvalue weighted by Crippen LogP contribution is -2.21. The van der Waals surface area contributed by atoms with Crippen LogP contribution in [0.1, 0.15) is 22.0 Å². The summed E-state index contributed by atoms with van der Waals surface area (Å²) in [6.45, 7) is 0. The van der Waals surface area contributed by atoms with E-state index in [1.54, 1.807) is 6.07 Å². The van der Waals surface area contributed by atoms with Crippen molar-refractivity contribution in [2.24, 2.45) is 0 Å². The van der Waals surface area contributed by atoms with Gasteiger partial charge in [0.1, 0.15) is 5.82 Å². The van der Waals surface area contributed by atoms with Gasteiger partial charge in [-0.1, -0.05) is 17.7 Å². The number of fused-ring (bicyclic) bond motifs is 1. The molecule has 1 unspecified atom stereocenters. The van der Waals surface area contributed by atoms with E-state index in [-0.39, 0.29) is 16.1 Å². The second-order valence-electron chi connectivity index (χ2n) is 5.23. The summed E-state index contributed by atoms with van der Waals surface area (Å²) < 4.78 is 23.7. The Bertz CT molecular complexity index is 991. The summed E-state index contributed by atoms with van der Waals surface area (Å²) in [5, 5.41) is 0.348. The fourth-order valence-electron chi connectivity index (χ4n) is 2.37. The summed E-state index contributed by atoms with van der Waals surface area (Å²) in [4.78, 5) is 32.8. The van der Waals surface area contributed by atoms with E-state index < -0.39 is 23.9 Å². The SMILES string of the molecule is COC(=O)C(OC(=O)c1ccnc2ccncc12)c1ccc(Cl)c(F)c1. The first-order valence-electron chi connectivity index (χ1n) is 7.43. The Morgan fingerprint density at radius 2 is 2.00 bits per heavy atom. The minimum atomic E-state index is -1.45. The van der Waals surface area contributed by atoms with E-state index in [4.69, 9.17) is 16.3 Å². The Labute approximate surface area is 152 Å². The van der Waals surface area contributed by atoms with E-state index in [1.807, 2.05) is 0 Å². The number of ether oxygens (including phenoxy) is 2. The van der Waals surface area contributed by atoms with Crippen LogP contribution in [0.4, 0.5) is 4.39 Å². The lowest BCUT2D eigenvalue weighted by molar-refractivity contribution is -0.151. The summed E-state index contributed by atoms with van der Waals surface area (Å²) in [5.41, 5.74) is 0.816. The molecule has 0 spiro atoms. The van der Waals surface area contributed by atoms with Gasteiger partial charge >= 0.3 is 11.9 Å². The van der Waals surface area contributed by atoms with Crippen molar-refractivity contribution >= 4 is 34.4 Å². The Balaban J connectivity index is 1.97. The number of rotatable bonds is 4. The second kappa shape index (κ2) is 7.45. The Kier molecular flexibility index (Phi) is 5.09. The first-order chi connectivity index (χ1) is 12.5. The predicted octanol–water partition coefficient (Wildman–Crippen LogP) is 3.49. The summed E-state index contributed by atoms with van der Waals surface area (Å²) in [6, 6.07) is 6.75. The number of methoxy groups -OCH3 is 1. The zero-order valence-electron chi connectivity index (χ0n) is 13.5. The van der Waals surface area contributed by atoms with Gasteiger partial charge < -0.3 is 9.47 Å². The molecule has 3 rings (SSSR count). The van der Waals surface area contributed by atoms with Gasteiger partial charge in [0.05, 0.1) is 23.2 Å². The molecule has 0 fully saturated rings. The molecule has 0 N–H and O–H groups in total. The zero-order valence-corrected chi connectivity index (χ0v) is 14.2. The van der Waals surface area contributed by atoms with Crippen molar-refractivity contribution in [2.45, 2.75) is 6.10 Å². The van der Waals surface area contributed by atoms with Gasteiger partial charge in [-0.15, -0.1) is 0 Å². The molecule has 1 aromatic carbocycles. The topological polar surface area (TPSA) is 78.4 Å². The van der Waals surface area contributed by atoms with Gasteiger partial charge in [-0.05, 0) is 24.3 Å². The minimum absolute atomic E-state index is 0.101. The largest absolute Gasteiger partial charge is 0.466 e. The molecule has 2 heterocycles. The summed E-state index contributed by atoms with van der Waals surface area (Å²) >= 11 is 5.65. The number of halogens is 2. The molecule has 6 nitrogen and oxygen atoms in total. The van der Waals surface area contributed by atoms with Gasteiger partial charge in [-0.3, -0.25) is 9.97 Å². The first kappa shape index (κ1) is 17.8. The quantitative estimate of drug-likeness (QED) is 0.650. The highest BCUT2D eigenvalue weighted by atomic mass is 35.5. The molecule has 8 heteroatoms. The molecule has 0 bridgehead atoms. The molecule has 132 valence electrons. The molecule has 0 aliphatic rings. The van der Waals surface area contributed by atoms with Crippen molar-refractivity contribution in [1.29, 1.82) is 0 Å². The normalized spacial score (nSPS) is 11.8. The molecule has 2 aromatic heterocycles. The van der Waals surface area contributed by atoms with Crippen molar-refractivity contribution < 1.29 is 23.5 Å². The van der Waals surface area contributed by atoms with Gasteiger partial charge in [-0.25, -0.2) is 14.0 Å². The molecule has 3 aromatic rings. The van der Waals surface area contributed by atoms with Gasteiger partial charge in [0.2, 0.25) is 6.10 Å². The van der Waals surface area contributed by atoms with Crippen molar-refractivity contribution in [3.8, 4) is 0 Å². The number of hydrogen-bond acceptors (Lipinski definition) is 6. The lowest BCUT2D eigenvalue weighted by Gasteiger charge is -2.17. The number of esters is 2. The van der Waals surface area contributed by atoms with Crippen LogP contribution in [0.5, 0.6) is 0 Å². The van der Waals surface area contributed by atoms with E-state index in [1.165, 1.54) is 36.8 Å². The smallest absolute Gasteiger partial charge is 0.351 e. The van der Waals surface area contributed by atoms with Crippen molar-refractivity contribution in [2.75, 3.05) is 7.11 Å². The highest BCUT2D eigenvalue weighted by molar-refractivity contribution is 6.30. The lowest BCUT2D eigenvalue weighted by atomic mass is 10.1. The van der Waals surface area contributed by atoms with Gasteiger partial charge in [-0.2, -0.15) is 0 Å². The average molecular weight is 375 g/mol. The summed E-state index contributed by atoms with van der Waals surface area (Å²) in [5.74, 6) is -2.39. The number of carbonyl (C=O) groups is 2. The first-order valence-corrected chi connectivity index (χ1v) is 7.81. The van der Waals surface area contributed by atoms with E-state index in [2.05, 4.69) is 14.7 Å². The zero-order chi connectivity index (χ0) is 18.7. The Hall–Kier alpha value is -3.06. The molecular weight excluding hydrogens is 363 g/mol. The van der Waals surface area contributed by atoms with Crippen molar-refractivity contribution in [3.05, 3.63) is 70.9 Å². The third-order valence-electron chi connectivity index (χ3n) is 3.65. The second-order valence-corrected chi connectivity index (χ2v) is 5.64. The van der Waals surface area contributed by atoms with Crippen LogP contribution in [0.3, 0.4) is 0 Å². The van der Waals surface area contributed by atoms with E-state index in [9.17, 15) is 14.0 Å². The Morgan fingerprint density at radius 1 is 1.19 bits per heavy atom. The van der Waals surface area contributed by atoms with Gasteiger partial charge in [0.15, 0.2) is 0 Å². The molecule has 0 aliphatic carbocycles. The number of nitrogens with zero attached hydrogens (tertiary/aromatic N) is 2. The van der Waals surface area contributed by atoms with Crippen LogP contribution < -0.4 is 0 Å². The third kappa shape index (κ3) is 3.48. The number of hydrogen-bond donors (Lipinski definition) is 0. The number of aromatic nitrogens is 2. The van der Waals surface area contributed by atoms with Crippen LogP contribution >= 0.6 is 11.6 Å². The Morgan fingerprint density at radius 3 is 2.73 bits per heavy atom. The van der Waals surface area contributed by atoms with Crippen LogP contribution in [-0.4, -0.2) is 29.0 Å². The maximum absolute atomic E-state index is 13.7. The molecule has 0 amide bonds. The maximum atomic E-state index is 13.7. The molecule has 0 saturated carbocycles. The molecule has 0 radical (unpaired) electrons. The van der Waals surface area contributed by atoms with Gasteiger partial charge in [0, 0.05) is 29.5 Å². The van der Waals surface area contributed by atoms with Gasteiger partial charge in [0.25, 0.3) is 0 Å². The average Bonchev–Trinajstić information content (AvgIpc) is 2.67. The van der Waals surface area contributed by atoms with E-state index in [0.717, 1.165) is 13.2 Å². The fraction of sp³-hybridized carbons (Fsp3) is 0.111. The van der Waals surface area contributed by atoms with E-state index >= 15 is 0 Å².